The average Bonchev–Trinajstić information content (AvgIpc) is 3.40. The van der Waals surface area contributed by atoms with Gasteiger partial charge in [-0.05, 0) is 19.1 Å². The van der Waals surface area contributed by atoms with Crippen LogP contribution in [0, 0.1) is 6.92 Å². The average molecular weight is 404 g/mol. The Balaban J connectivity index is 1.60. The number of rotatable bonds is 5. The number of amides is 3. The molecule has 3 amide bonds. The molecule has 0 saturated carbocycles. The Morgan fingerprint density at radius 1 is 1.10 bits per heavy atom. The number of nitrogens with zero attached hydrogens (tertiary/aromatic N) is 3. The van der Waals surface area contributed by atoms with Crippen molar-refractivity contribution in [3.05, 3.63) is 71.9 Å². The molecule has 1 aliphatic heterocycles. The van der Waals surface area contributed by atoms with Crippen molar-refractivity contribution in [3.63, 3.8) is 0 Å². The molecule has 0 aliphatic carbocycles. The van der Waals surface area contributed by atoms with E-state index in [1.807, 2.05) is 61.5 Å². The van der Waals surface area contributed by atoms with E-state index in [9.17, 15) is 14.4 Å². The molecule has 3 aromatic rings. The van der Waals surface area contributed by atoms with Gasteiger partial charge in [-0.2, -0.15) is 5.10 Å². The van der Waals surface area contributed by atoms with Crippen LogP contribution >= 0.6 is 0 Å². The Morgan fingerprint density at radius 3 is 2.50 bits per heavy atom. The fraction of sp³-hybridized carbons (Fsp3) is 0.182. The number of aromatic nitrogens is 2. The van der Waals surface area contributed by atoms with Crippen molar-refractivity contribution in [1.82, 2.24) is 20.0 Å². The Labute approximate surface area is 173 Å². The molecular formula is C22H20N4O4. The zero-order valence-electron chi connectivity index (χ0n) is 16.4. The summed E-state index contributed by atoms with van der Waals surface area (Å²) in [7, 11) is 0. The second kappa shape index (κ2) is 8.20. The molecule has 1 saturated heterocycles. The number of nitrogens with one attached hydrogen (secondary N) is 1. The molecule has 30 heavy (non-hydrogen) atoms. The van der Waals surface area contributed by atoms with Gasteiger partial charge in [0.15, 0.2) is 6.61 Å². The van der Waals surface area contributed by atoms with Crippen molar-refractivity contribution in [2.45, 2.75) is 6.92 Å². The molecule has 4 rings (SSSR count). The third-order valence-corrected chi connectivity index (χ3v) is 4.76. The van der Waals surface area contributed by atoms with Crippen LogP contribution in [-0.4, -0.2) is 52.3 Å². The smallest absolute Gasteiger partial charge is 0.342 e. The Hall–Kier alpha value is -3.94. The van der Waals surface area contributed by atoms with E-state index in [0.717, 1.165) is 21.7 Å². The Morgan fingerprint density at radius 2 is 1.83 bits per heavy atom. The minimum atomic E-state index is -0.680. The van der Waals surface area contributed by atoms with Crippen molar-refractivity contribution in [3.8, 4) is 16.9 Å². The van der Waals surface area contributed by atoms with E-state index in [4.69, 9.17) is 4.74 Å². The van der Waals surface area contributed by atoms with E-state index in [0.29, 0.717) is 12.2 Å². The van der Waals surface area contributed by atoms with Crippen LogP contribution in [0.3, 0.4) is 0 Å². The van der Waals surface area contributed by atoms with Crippen LogP contribution in [0.2, 0.25) is 0 Å². The second-order valence-electron chi connectivity index (χ2n) is 6.89. The molecule has 0 unspecified atom stereocenters. The molecule has 0 bridgehead atoms. The molecular weight excluding hydrogens is 384 g/mol. The number of ether oxygens (including phenoxy) is 1. The number of esters is 1. The standard InChI is InChI=1S/C22H20N4O4/c1-15-7-9-17(10-8-15)26-13-18(20(24-26)16-5-3-2-4-6-16)21(28)30-14-19(27)25-12-11-23-22(25)29/h2-10,13H,11-12,14H2,1H3,(H,23,29). The summed E-state index contributed by atoms with van der Waals surface area (Å²) < 4.78 is 6.82. The fourth-order valence-corrected chi connectivity index (χ4v) is 3.15. The lowest BCUT2D eigenvalue weighted by Gasteiger charge is -2.12. The summed E-state index contributed by atoms with van der Waals surface area (Å²) in [5.74, 6) is -1.24. The van der Waals surface area contributed by atoms with Gasteiger partial charge in [0, 0.05) is 24.8 Å². The second-order valence-corrected chi connectivity index (χ2v) is 6.89. The van der Waals surface area contributed by atoms with E-state index in [1.54, 1.807) is 10.9 Å². The van der Waals surface area contributed by atoms with Gasteiger partial charge in [0.05, 0.1) is 5.69 Å². The first-order valence-electron chi connectivity index (χ1n) is 9.50. The van der Waals surface area contributed by atoms with Crippen molar-refractivity contribution < 1.29 is 19.1 Å². The molecule has 2 aromatic carbocycles. The van der Waals surface area contributed by atoms with Gasteiger partial charge in [0.1, 0.15) is 11.3 Å². The van der Waals surface area contributed by atoms with Gasteiger partial charge < -0.3 is 10.1 Å². The number of carbonyl (C=O) groups excluding carboxylic acids is 3. The molecule has 8 nitrogen and oxygen atoms in total. The van der Waals surface area contributed by atoms with Crippen molar-refractivity contribution in [1.29, 1.82) is 0 Å². The van der Waals surface area contributed by atoms with Gasteiger partial charge in [-0.3, -0.25) is 9.69 Å². The summed E-state index contributed by atoms with van der Waals surface area (Å²) in [6.45, 7) is 2.12. The molecule has 2 heterocycles. The normalized spacial score (nSPS) is 13.2. The molecule has 0 atom stereocenters. The van der Waals surface area contributed by atoms with Crippen LogP contribution in [0.5, 0.6) is 0 Å². The zero-order valence-corrected chi connectivity index (χ0v) is 16.4. The first-order chi connectivity index (χ1) is 14.5. The first-order valence-corrected chi connectivity index (χ1v) is 9.50. The number of aryl methyl sites for hydroxylation is 1. The van der Waals surface area contributed by atoms with Gasteiger partial charge in [-0.25, -0.2) is 14.3 Å². The maximum atomic E-state index is 12.8. The summed E-state index contributed by atoms with van der Waals surface area (Å²) in [6.07, 6.45) is 1.59. The van der Waals surface area contributed by atoms with E-state index in [2.05, 4.69) is 10.4 Å². The lowest BCUT2D eigenvalue weighted by Crippen LogP contribution is -2.37. The Bertz CT molecular complexity index is 1090. The predicted molar refractivity (Wildman–Crippen MR) is 109 cm³/mol. The van der Waals surface area contributed by atoms with E-state index in [1.165, 1.54) is 0 Å². The SMILES string of the molecule is Cc1ccc(-n2cc(C(=O)OCC(=O)N3CCNC3=O)c(-c3ccccc3)n2)cc1. The van der Waals surface area contributed by atoms with E-state index in [-0.39, 0.29) is 12.1 Å². The maximum absolute atomic E-state index is 12.8. The summed E-state index contributed by atoms with van der Waals surface area (Å²) in [5, 5.41) is 7.11. The van der Waals surface area contributed by atoms with Gasteiger partial charge >= 0.3 is 12.0 Å². The zero-order chi connectivity index (χ0) is 21.1. The predicted octanol–water partition coefficient (Wildman–Crippen LogP) is 2.56. The molecule has 8 heteroatoms. The van der Waals surface area contributed by atoms with Crippen molar-refractivity contribution in [2.75, 3.05) is 19.7 Å². The number of carbonyl (C=O) groups is 3. The maximum Gasteiger partial charge on any atom is 0.342 e. The lowest BCUT2D eigenvalue weighted by atomic mass is 10.1. The van der Waals surface area contributed by atoms with Crippen LogP contribution in [-0.2, 0) is 9.53 Å². The summed E-state index contributed by atoms with van der Waals surface area (Å²) in [5.41, 5.74) is 3.34. The van der Waals surface area contributed by atoms with Crippen LogP contribution in [0.4, 0.5) is 4.79 Å². The highest BCUT2D eigenvalue weighted by molar-refractivity contribution is 6.00. The molecule has 1 fully saturated rings. The summed E-state index contributed by atoms with van der Waals surface area (Å²) >= 11 is 0. The quantitative estimate of drug-likeness (QED) is 0.660. The van der Waals surface area contributed by atoms with Crippen LogP contribution in [0.1, 0.15) is 15.9 Å². The molecule has 1 N–H and O–H groups in total. The van der Waals surface area contributed by atoms with Crippen LogP contribution in [0.15, 0.2) is 60.8 Å². The third-order valence-electron chi connectivity index (χ3n) is 4.76. The number of benzene rings is 2. The van der Waals surface area contributed by atoms with Gasteiger partial charge in [0.25, 0.3) is 5.91 Å². The number of imide groups is 1. The third kappa shape index (κ3) is 3.93. The van der Waals surface area contributed by atoms with Gasteiger partial charge in [-0.1, -0.05) is 48.0 Å². The first kappa shape index (κ1) is 19.4. The Kier molecular flexibility index (Phi) is 5.30. The highest BCUT2D eigenvalue weighted by Crippen LogP contribution is 2.24. The molecule has 1 aliphatic rings. The highest BCUT2D eigenvalue weighted by Gasteiger charge is 2.28. The minimum Gasteiger partial charge on any atom is -0.452 e. The largest absolute Gasteiger partial charge is 0.452 e. The molecule has 0 radical (unpaired) electrons. The summed E-state index contributed by atoms with van der Waals surface area (Å²) in [6, 6.07) is 16.5. The van der Waals surface area contributed by atoms with Crippen molar-refractivity contribution >= 4 is 17.9 Å². The van der Waals surface area contributed by atoms with E-state index >= 15 is 0 Å². The van der Waals surface area contributed by atoms with Gasteiger partial charge in [0.2, 0.25) is 0 Å². The lowest BCUT2D eigenvalue weighted by molar-refractivity contribution is -0.130. The minimum absolute atomic E-state index is 0.237. The molecule has 152 valence electrons. The summed E-state index contributed by atoms with van der Waals surface area (Å²) in [4.78, 5) is 37.6. The van der Waals surface area contributed by atoms with Crippen molar-refractivity contribution in [2.24, 2.45) is 0 Å². The number of hydrogen-bond acceptors (Lipinski definition) is 5. The number of hydrogen-bond donors (Lipinski definition) is 1. The van der Waals surface area contributed by atoms with E-state index < -0.39 is 24.5 Å². The monoisotopic (exact) mass is 404 g/mol. The topological polar surface area (TPSA) is 93.5 Å². The fourth-order valence-electron chi connectivity index (χ4n) is 3.15. The molecule has 0 spiro atoms. The highest BCUT2D eigenvalue weighted by atomic mass is 16.5. The van der Waals surface area contributed by atoms with Gasteiger partial charge in [-0.15, -0.1) is 0 Å². The molecule has 1 aromatic heterocycles. The number of urea groups is 1. The van der Waals surface area contributed by atoms with Crippen LogP contribution in [0.25, 0.3) is 16.9 Å². The van der Waals surface area contributed by atoms with Crippen LogP contribution < -0.4 is 5.32 Å².